The van der Waals surface area contributed by atoms with Gasteiger partial charge in [-0.25, -0.2) is 0 Å². The maximum absolute atomic E-state index is 10.5. The fourth-order valence-corrected chi connectivity index (χ4v) is 1.52. The standard InChI is InChI=1S/C9H17NO/c11-8-9-5-3-1-2-4-6-10-7-9/h8-10H,1-7H2. The average Bonchev–Trinajstić information content (AvgIpc) is 2.16. The first-order valence-corrected chi connectivity index (χ1v) is 4.59. The minimum absolute atomic E-state index is 0.271. The highest BCUT2D eigenvalue weighted by molar-refractivity contribution is 5.53. The van der Waals surface area contributed by atoms with Gasteiger partial charge in [-0.1, -0.05) is 19.3 Å². The number of carbonyl (C=O) groups excluding carboxylic acids is 1. The number of hydrogen-bond acceptors (Lipinski definition) is 2. The summed E-state index contributed by atoms with van der Waals surface area (Å²) in [6.07, 6.45) is 7.29. The fraction of sp³-hybridized carbons (Fsp3) is 0.889. The highest BCUT2D eigenvalue weighted by Crippen LogP contribution is 2.10. The second-order valence-corrected chi connectivity index (χ2v) is 3.30. The second-order valence-electron chi connectivity index (χ2n) is 3.30. The molecule has 0 bridgehead atoms. The van der Waals surface area contributed by atoms with Crippen molar-refractivity contribution in [2.75, 3.05) is 13.1 Å². The Kier molecular flexibility index (Phi) is 4.21. The molecule has 0 aliphatic carbocycles. The Balaban J connectivity index is 2.24. The highest BCUT2D eigenvalue weighted by Gasteiger charge is 2.07. The molecule has 1 N–H and O–H groups in total. The summed E-state index contributed by atoms with van der Waals surface area (Å²) in [6.45, 7) is 1.98. The van der Waals surface area contributed by atoms with E-state index in [2.05, 4.69) is 5.32 Å². The molecule has 1 saturated heterocycles. The molecule has 1 heterocycles. The zero-order valence-corrected chi connectivity index (χ0v) is 7.01. The minimum atomic E-state index is 0.271. The molecule has 64 valence electrons. The van der Waals surface area contributed by atoms with Gasteiger partial charge in [-0.2, -0.15) is 0 Å². The fourth-order valence-electron chi connectivity index (χ4n) is 1.52. The molecular formula is C9H17NO. The van der Waals surface area contributed by atoms with Gasteiger partial charge in [0, 0.05) is 12.5 Å². The lowest BCUT2D eigenvalue weighted by Gasteiger charge is -2.07. The molecule has 11 heavy (non-hydrogen) atoms. The van der Waals surface area contributed by atoms with Gasteiger partial charge in [0.25, 0.3) is 0 Å². The van der Waals surface area contributed by atoms with Crippen LogP contribution in [0.5, 0.6) is 0 Å². The van der Waals surface area contributed by atoms with Crippen LogP contribution in [0.4, 0.5) is 0 Å². The van der Waals surface area contributed by atoms with E-state index in [0.717, 1.165) is 25.8 Å². The summed E-state index contributed by atoms with van der Waals surface area (Å²) < 4.78 is 0. The van der Waals surface area contributed by atoms with Gasteiger partial charge in [-0.05, 0) is 19.4 Å². The molecule has 1 aliphatic rings. The molecule has 0 aromatic carbocycles. The number of rotatable bonds is 1. The molecule has 0 aromatic heterocycles. The second kappa shape index (κ2) is 5.30. The molecule has 0 spiro atoms. The number of aldehydes is 1. The number of nitrogens with one attached hydrogen (secondary N) is 1. The van der Waals surface area contributed by atoms with Gasteiger partial charge in [0.15, 0.2) is 0 Å². The Bertz CT molecular complexity index is 104. The van der Waals surface area contributed by atoms with Gasteiger partial charge in [0.2, 0.25) is 0 Å². The third kappa shape index (κ3) is 3.51. The molecule has 2 heteroatoms. The largest absolute Gasteiger partial charge is 0.316 e. The van der Waals surface area contributed by atoms with E-state index >= 15 is 0 Å². The summed E-state index contributed by atoms with van der Waals surface area (Å²) >= 11 is 0. The quantitative estimate of drug-likeness (QED) is 0.579. The molecule has 2 nitrogen and oxygen atoms in total. The normalized spacial score (nSPS) is 28.2. The van der Waals surface area contributed by atoms with E-state index in [1.807, 2.05) is 0 Å². The molecule has 1 unspecified atom stereocenters. The van der Waals surface area contributed by atoms with E-state index in [0.29, 0.717) is 0 Å². The van der Waals surface area contributed by atoms with Crippen molar-refractivity contribution in [3.63, 3.8) is 0 Å². The van der Waals surface area contributed by atoms with Crippen LogP contribution in [-0.4, -0.2) is 19.4 Å². The summed E-state index contributed by atoms with van der Waals surface area (Å²) in [5.41, 5.74) is 0. The van der Waals surface area contributed by atoms with Crippen molar-refractivity contribution >= 4 is 6.29 Å². The van der Waals surface area contributed by atoms with Gasteiger partial charge in [-0.3, -0.25) is 0 Å². The van der Waals surface area contributed by atoms with Gasteiger partial charge in [-0.15, -0.1) is 0 Å². The first-order chi connectivity index (χ1) is 5.43. The zero-order chi connectivity index (χ0) is 7.94. The molecule has 0 aromatic rings. The van der Waals surface area contributed by atoms with Crippen LogP contribution in [-0.2, 0) is 4.79 Å². The van der Waals surface area contributed by atoms with Crippen LogP contribution >= 0.6 is 0 Å². The Labute approximate surface area is 68.4 Å². The third-order valence-electron chi connectivity index (χ3n) is 2.28. The van der Waals surface area contributed by atoms with Crippen LogP contribution in [0.2, 0.25) is 0 Å². The van der Waals surface area contributed by atoms with E-state index in [9.17, 15) is 4.79 Å². The van der Waals surface area contributed by atoms with Crippen LogP contribution in [0.15, 0.2) is 0 Å². The van der Waals surface area contributed by atoms with Crippen molar-refractivity contribution in [2.24, 2.45) is 5.92 Å². The lowest BCUT2D eigenvalue weighted by Crippen LogP contribution is -2.23. The summed E-state index contributed by atoms with van der Waals surface area (Å²) in [7, 11) is 0. The average molecular weight is 155 g/mol. The lowest BCUT2D eigenvalue weighted by molar-refractivity contribution is -0.111. The Morgan fingerprint density at radius 3 is 2.82 bits per heavy atom. The van der Waals surface area contributed by atoms with Crippen molar-refractivity contribution in [3.05, 3.63) is 0 Å². The zero-order valence-electron chi connectivity index (χ0n) is 7.01. The van der Waals surface area contributed by atoms with Gasteiger partial charge >= 0.3 is 0 Å². The van der Waals surface area contributed by atoms with Crippen molar-refractivity contribution in [3.8, 4) is 0 Å². The van der Waals surface area contributed by atoms with E-state index in [1.54, 1.807) is 0 Å². The smallest absolute Gasteiger partial charge is 0.124 e. The van der Waals surface area contributed by atoms with Crippen molar-refractivity contribution in [2.45, 2.75) is 32.1 Å². The van der Waals surface area contributed by atoms with Crippen molar-refractivity contribution in [1.29, 1.82) is 0 Å². The Morgan fingerprint density at radius 2 is 2.00 bits per heavy atom. The van der Waals surface area contributed by atoms with E-state index in [1.165, 1.54) is 25.7 Å². The molecule has 1 atom stereocenters. The first-order valence-electron chi connectivity index (χ1n) is 4.59. The third-order valence-corrected chi connectivity index (χ3v) is 2.28. The molecule has 0 radical (unpaired) electrons. The predicted molar refractivity (Wildman–Crippen MR) is 45.5 cm³/mol. The highest BCUT2D eigenvalue weighted by atomic mass is 16.1. The SMILES string of the molecule is O=CC1CCCCCCNC1. The van der Waals surface area contributed by atoms with Gasteiger partial charge in [0.1, 0.15) is 6.29 Å². The maximum Gasteiger partial charge on any atom is 0.124 e. The van der Waals surface area contributed by atoms with Crippen molar-refractivity contribution < 1.29 is 4.79 Å². The topological polar surface area (TPSA) is 29.1 Å². The number of hydrogen-bond donors (Lipinski definition) is 1. The van der Waals surface area contributed by atoms with Crippen LogP contribution in [0.3, 0.4) is 0 Å². The molecular weight excluding hydrogens is 138 g/mol. The Hall–Kier alpha value is -0.370. The summed E-state index contributed by atoms with van der Waals surface area (Å²) in [5.74, 6) is 0.271. The lowest BCUT2D eigenvalue weighted by atomic mass is 10.0. The molecule has 0 amide bonds. The molecule has 1 rings (SSSR count). The summed E-state index contributed by atoms with van der Waals surface area (Å²) in [6, 6.07) is 0. The van der Waals surface area contributed by atoms with E-state index in [4.69, 9.17) is 0 Å². The van der Waals surface area contributed by atoms with Crippen molar-refractivity contribution in [1.82, 2.24) is 5.32 Å². The van der Waals surface area contributed by atoms with Crippen LogP contribution < -0.4 is 5.32 Å². The first kappa shape index (κ1) is 8.72. The summed E-state index contributed by atoms with van der Waals surface area (Å²) in [4.78, 5) is 10.5. The molecule has 0 saturated carbocycles. The monoisotopic (exact) mass is 155 g/mol. The van der Waals surface area contributed by atoms with Crippen LogP contribution in [0.1, 0.15) is 32.1 Å². The minimum Gasteiger partial charge on any atom is -0.316 e. The molecule has 1 aliphatic heterocycles. The number of carbonyl (C=O) groups is 1. The van der Waals surface area contributed by atoms with Crippen LogP contribution in [0, 0.1) is 5.92 Å². The Morgan fingerprint density at radius 1 is 1.18 bits per heavy atom. The van der Waals surface area contributed by atoms with Crippen LogP contribution in [0.25, 0.3) is 0 Å². The van der Waals surface area contributed by atoms with E-state index < -0.39 is 0 Å². The van der Waals surface area contributed by atoms with Gasteiger partial charge < -0.3 is 10.1 Å². The van der Waals surface area contributed by atoms with Gasteiger partial charge in [0.05, 0.1) is 0 Å². The van der Waals surface area contributed by atoms with E-state index in [-0.39, 0.29) is 5.92 Å². The predicted octanol–water partition coefficient (Wildman–Crippen LogP) is 1.36. The maximum atomic E-state index is 10.5. The molecule has 1 fully saturated rings. The summed E-state index contributed by atoms with van der Waals surface area (Å²) in [5, 5.41) is 3.30.